The Bertz CT molecular complexity index is 200. The van der Waals surface area contributed by atoms with E-state index in [1.54, 1.807) is 0 Å². The summed E-state index contributed by atoms with van der Waals surface area (Å²) >= 11 is 0. The highest BCUT2D eigenvalue weighted by Gasteiger charge is 2.45. The molecule has 1 spiro atoms. The molecule has 1 saturated heterocycles. The van der Waals surface area contributed by atoms with Gasteiger partial charge in [0, 0.05) is 12.6 Å². The second kappa shape index (κ2) is 3.82. The second-order valence-corrected chi connectivity index (χ2v) is 5.32. The van der Waals surface area contributed by atoms with Crippen molar-refractivity contribution in [3.63, 3.8) is 0 Å². The topological polar surface area (TPSA) is 35.2 Å². The zero-order chi connectivity index (χ0) is 10.2. The van der Waals surface area contributed by atoms with Crippen LogP contribution in [-0.2, 0) is 4.74 Å². The molecule has 0 radical (unpaired) electrons. The van der Waals surface area contributed by atoms with Gasteiger partial charge in [0.15, 0.2) is 0 Å². The smallest absolute Gasteiger partial charge is 0.0725 e. The first-order valence-electron chi connectivity index (χ1n) is 6.03. The second-order valence-electron chi connectivity index (χ2n) is 5.32. The van der Waals surface area contributed by atoms with Gasteiger partial charge >= 0.3 is 0 Å². The average molecular weight is 197 g/mol. The molecule has 0 bridgehead atoms. The summed E-state index contributed by atoms with van der Waals surface area (Å²) in [5.74, 6) is 1.48. The van der Waals surface area contributed by atoms with E-state index in [0.717, 1.165) is 25.4 Å². The van der Waals surface area contributed by atoms with Gasteiger partial charge < -0.3 is 10.5 Å². The number of hydrogen-bond donors (Lipinski definition) is 1. The van der Waals surface area contributed by atoms with Gasteiger partial charge in [-0.1, -0.05) is 26.7 Å². The summed E-state index contributed by atoms with van der Waals surface area (Å²) in [5, 5.41) is 0. The van der Waals surface area contributed by atoms with Crippen molar-refractivity contribution in [3.05, 3.63) is 0 Å². The summed E-state index contributed by atoms with van der Waals surface area (Å²) in [5.41, 5.74) is 6.20. The normalized spacial score (nSPS) is 49.5. The van der Waals surface area contributed by atoms with Crippen LogP contribution in [0.25, 0.3) is 0 Å². The van der Waals surface area contributed by atoms with E-state index in [1.165, 1.54) is 19.3 Å². The van der Waals surface area contributed by atoms with Gasteiger partial charge in [-0.25, -0.2) is 0 Å². The predicted molar refractivity (Wildman–Crippen MR) is 58.1 cm³/mol. The summed E-state index contributed by atoms with van der Waals surface area (Å²) in [7, 11) is 0. The lowest BCUT2D eigenvalue weighted by molar-refractivity contribution is -0.148. The van der Waals surface area contributed by atoms with E-state index in [1.807, 2.05) is 0 Å². The van der Waals surface area contributed by atoms with Crippen LogP contribution >= 0.6 is 0 Å². The van der Waals surface area contributed by atoms with Crippen LogP contribution in [-0.4, -0.2) is 18.2 Å². The Morgan fingerprint density at radius 1 is 1.29 bits per heavy atom. The predicted octanol–water partition coefficient (Wildman–Crippen LogP) is 2.32. The van der Waals surface area contributed by atoms with E-state index in [4.69, 9.17) is 10.5 Å². The minimum absolute atomic E-state index is 0.134. The lowest BCUT2D eigenvalue weighted by atomic mass is 9.67. The molecule has 1 heterocycles. The fourth-order valence-corrected chi connectivity index (χ4v) is 3.23. The molecule has 2 rings (SSSR count). The summed E-state index contributed by atoms with van der Waals surface area (Å²) in [4.78, 5) is 0. The SMILES string of the molecule is CC1CCCC2(CC(N)CCO2)C1C. The first-order valence-corrected chi connectivity index (χ1v) is 6.03. The van der Waals surface area contributed by atoms with Crippen molar-refractivity contribution >= 4 is 0 Å². The van der Waals surface area contributed by atoms with E-state index in [2.05, 4.69) is 13.8 Å². The third-order valence-corrected chi connectivity index (χ3v) is 4.43. The summed E-state index contributed by atoms with van der Waals surface area (Å²) in [6.07, 6.45) is 6.04. The minimum atomic E-state index is 0.134. The maximum absolute atomic E-state index is 6.08. The molecule has 14 heavy (non-hydrogen) atoms. The zero-order valence-electron chi connectivity index (χ0n) is 9.46. The monoisotopic (exact) mass is 197 g/mol. The fraction of sp³-hybridized carbons (Fsp3) is 1.00. The molecule has 1 saturated carbocycles. The lowest BCUT2D eigenvalue weighted by Crippen LogP contribution is -2.52. The van der Waals surface area contributed by atoms with Crippen molar-refractivity contribution in [2.45, 2.75) is 57.6 Å². The average Bonchev–Trinajstić information content (AvgIpc) is 2.14. The minimum Gasteiger partial charge on any atom is -0.375 e. The van der Waals surface area contributed by atoms with Crippen molar-refractivity contribution in [1.29, 1.82) is 0 Å². The van der Waals surface area contributed by atoms with Gasteiger partial charge in [-0.3, -0.25) is 0 Å². The molecule has 82 valence electrons. The largest absolute Gasteiger partial charge is 0.375 e. The molecule has 0 amide bonds. The Hall–Kier alpha value is -0.0800. The molecule has 0 aromatic carbocycles. The lowest BCUT2D eigenvalue weighted by Gasteiger charge is -2.49. The first kappa shape index (κ1) is 10.4. The molecule has 2 aliphatic rings. The Morgan fingerprint density at radius 3 is 2.79 bits per heavy atom. The van der Waals surface area contributed by atoms with Crippen LogP contribution in [0.3, 0.4) is 0 Å². The maximum atomic E-state index is 6.08. The summed E-state index contributed by atoms with van der Waals surface area (Å²) < 4.78 is 6.08. The molecule has 1 aliphatic heterocycles. The molecule has 4 atom stereocenters. The van der Waals surface area contributed by atoms with Crippen LogP contribution in [0, 0.1) is 11.8 Å². The van der Waals surface area contributed by atoms with Crippen molar-refractivity contribution in [2.24, 2.45) is 17.6 Å². The summed E-state index contributed by atoms with van der Waals surface area (Å²) in [6, 6.07) is 0.372. The van der Waals surface area contributed by atoms with Crippen molar-refractivity contribution in [2.75, 3.05) is 6.61 Å². The summed E-state index contributed by atoms with van der Waals surface area (Å²) in [6.45, 7) is 5.58. The van der Waals surface area contributed by atoms with E-state index in [0.29, 0.717) is 12.0 Å². The van der Waals surface area contributed by atoms with Gasteiger partial charge in [-0.2, -0.15) is 0 Å². The third kappa shape index (κ3) is 1.70. The van der Waals surface area contributed by atoms with E-state index < -0.39 is 0 Å². The molecular weight excluding hydrogens is 174 g/mol. The zero-order valence-corrected chi connectivity index (χ0v) is 9.46. The molecule has 0 aromatic heterocycles. The quantitative estimate of drug-likeness (QED) is 0.647. The molecule has 2 N–H and O–H groups in total. The molecule has 2 fully saturated rings. The van der Waals surface area contributed by atoms with E-state index >= 15 is 0 Å². The Balaban J connectivity index is 2.11. The Morgan fingerprint density at radius 2 is 2.07 bits per heavy atom. The van der Waals surface area contributed by atoms with E-state index in [-0.39, 0.29) is 5.60 Å². The van der Waals surface area contributed by atoms with Crippen LogP contribution in [0.2, 0.25) is 0 Å². The standard InChI is InChI=1S/C12H23NO/c1-9-4-3-6-12(10(9)2)8-11(13)5-7-14-12/h9-11H,3-8,13H2,1-2H3. The molecule has 1 aliphatic carbocycles. The van der Waals surface area contributed by atoms with Gasteiger partial charge in [-0.15, -0.1) is 0 Å². The van der Waals surface area contributed by atoms with Crippen molar-refractivity contribution < 1.29 is 4.74 Å². The van der Waals surface area contributed by atoms with Crippen LogP contribution < -0.4 is 5.73 Å². The Kier molecular flexibility index (Phi) is 2.85. The van der Waals surface area contributed by atoms with Crippen LogP contribution in [0.1, 0.15) is 46.0 Å². The molecular formula is C12H23NO. The van der Waals surface area contributed by atoms with Crippen molar-refractivity contribution in [1.82, 2.24) is 0 Å². The first-order chi connectivity index (χ1) is 6.64. The van der Waals surface area contributed by atoms with Gasteiger partial charge in [0.05, 0.1) is 5.60 Å². The third-order valence-electron chi connectivity index (χ3n) is 4.43. The maximum Gasteiger partial charge on any atom is 0.0725 e. The fourth-order valence-electron chi connectivity index (χ4n) is 3.23. The van der Waals surface area contributed by atoms with Gasteiger partial charge in [0.2, 0.25) is 0 Å². The highest BCUT2D eigenvalue weighted by molar-refractivity contribution is 4.96. The number of ether oxygens (including phenoxy) is 1. The number of nitrogens with two attached hydrogens (primary N) is 1. The van der Waals surface area contributed by atoms with Crippen LogP contribution in [0.15, 0.2) is 0 Å². The number of hydrogen-bond acceptors (Lipinski definition) is 2. The van der Waals surface area contributed by atoms with Crippen LogP contribution in [0.4, 0.5) is 0 Å². The molecule has 4 unspecified atom stereocenters. The molecule has 2 nitrogen and oxygen atoms in total. The molecule has 2 heteroatoms. The molecule has 0 aromatic rings. The van der Waals surface area contributed by atoms with Gasteiger partial charge in [-0.05, 0) is 31.1 Å². The number of rotatable bonds is 0. The highest BCUT2D eigenvalue weighted by atomic mass is 16.5. The highest BCUT2D eigenvalue weighted by Crippen LogP contribution is 2.44. The van der Waals surface area contributed by atoms with Crippen molar-refractivity contribution in [3.8, 4) is 0 Å². The van der Waals surface area contributed by atoms with E-state index in [9.17, 15) is 0 Å². The Labute approximate surface area is 87.2 Å². The van der Waals surface area contributed by atoms with Gasteiger partial charge in [0.25, 0.3) is 0 Å². The van der Waals surface area contributed by atoms with Crippen LogP contribution in [0.5, 0.6) is 0 Å². The van der Waals surface area contributed by atoms with Gasteiger partial charge in [0.1, 0.15) is 0 Å².